The summed E-state index contributed by atoms with van der Waals surface area (Å²) in [5, 5.41) is 6.45. The molecule has 1 saturated carbocycles. The van der Waals surface area contributed by atoms with E-state index in [0.717, 1.165) is 21.1 Å². The maximum absolute atomic E-state index is 13.3. The third-order valence-electron chi connectivity index (χ3n) is 5.07. The van der Waals surface area contributed by atoms with Crippen LogP contribution in [0.3, 0.4) is 0 Å². The first-order valence-electron chi connectivity index (χ1n) is 9.08. The van der Waals surface area contributed by atoms with Gasteiger partial charge in [-0.1, -0.05) is 15.9 Å². The predicted octanol–water partition coefficient (Wildman–Crippen LogP) is 6.26. The summed E-state index contributed by atoms with van der Waals surface area (Å²) < 4.78 is 27.5. The average molecular weight is 449 g/mol. The molecule has 5 nitrogen and oxygen atoms in total. The van der Waals surface area contributed by atoms with E-state index in [1.165, 1.54) is 0 Å². The third kappa shape index (κ3) is 4.16. The van der Waals surface area contributed by atoms with Crippen molar-refractivity contribution in [1.29, 1.82) is 0 Å². The molecule has 0 radical (unpaired) electrons. The van der Waals surface area contributed by atoms with E-state index < -0.39 is 5.92 Å². The van der Waals surface area contributed by atoms with Gasteiger partial charge in [0.2, 0.25) is 5.92 Å². The third-order valence-corrected chi connectivity index (χ3v) is 5.56. The predicted molar refractivity (Wildman–Crippen MR) is 109 cm³/mol. The molecule has 4 rings (SSSR count). The molecule has 1 aromatic carbocycles. The molecule has 0 atom stereocenters. The minimum absolute atomic E-state index is 0.0483. The zero-order valence-electron chi connectivity index (χ0n) is 14.9. The van der Waals surface area contributed by atoms with Gasteiger partial charge in [-0.3, -0.25) is 4.98 Å². The van der Waals surface area contributed by atoms with Gasteiger partial charge in [-0.05, 0) is 43.2 Å². The van der Waals surface area contributed by atoms with Crippen LogP contribution in [0, 0.1) is 0 Å². The molecule has 0 bridgehead atoms. The summed E-state index contributed by atoms with van der Waals surface area (Å²) in [5.41, 5.74) is 2.93. The Morgan fingerprint density at radius 1 is 1.18 bits per heavy atom. The summed E-state index contributed by atoms with van der Waals surface area (Å²) in [7, 11) is 0. The Bertz CT molecular complexity index is 993. The van der Waals surface area contributed by atoms with Crippen molar-refractivity contribution in [2.45, 2.75) is 37.5 Å². The van der Waals surface area contributed by atoms with E-state index in [1.54, 1.807) is 24.5 Å². The van der Waals surface area contributed by atoms with Gasteiger partial charge in [0.25, 0.3) is 0 Å². The van der Waals surface area contributed by atoms with Gasteiger partial charge in [-0.15, -0.1) is 0 Å². The molecule has 2 heterocycles. The van der Waals surface area contributed by atoms with Gasteiger partial charge in [0, 0.05) is 46.0 Å². The highest BCUT2D eigenvalue weighted by Crippen LogP contribution is 2.40. The van der Waals surface area contributed by atoms with Crippen LogP contribution in [0.5, 0.6) is 0 Å². The van der Waals surface area contributed by atoms with E-state index in [0.29, 0.717) is 24.2 Å². The number of fused-ring (bicyclic) bond motifs is 1. The van der Waals surface area contributed by atoms with Crippen molar-refractivity contribution in [3.8, 4) is 0 Å². The second kappa shape index (κ2) is 7.50. The molecule has 1 aliphatic rings. The Kier molecular flexibility index (Phi) is 5.05. The number of carbonyl (C=O) groups is 1. The van der Waals surface area contributed by atoms with Gasteiger partial charge in [-0.25, -0.2) is 13.6 Å². The van der Waals surface area contributed by atoms with Gasteiger partial charge in [0.1, 0.15) is 0 Å². The summed E-state index contributed by atoms with van der Waals surface area (Å²) >= 11 is 3.42. The van der Waals surface area contributed by atoms with Crippen LogP contribution in [0.1, 0.15) is 37.3 Å². The summed E-state index contributed by atoms with van der Waals surface area (Å²) in [6, 6.07) is 8.93. The maximum atomic E-state index is 13.3. The quantitative estimate of drug-likeness (QED) is 0.442. The Morgan fingerprint density at radius 3 is 2.68 bits per heavy atom. The SMILES string of the molecule is O=C(Nc1ccc(C2CCC(F)(F)CC2)nc1)Nc1c[nH]c2ccc(Br)cc12. The molecule has 0 aliphatic heterocycles. The van der Waals surface area contributed by atoms with E-state index in [2.05, 4.69) is 36.5 Å². The minimum atomic E-state index is -2.55. The summed E-state index contributed by atoms with van der Waals surface area (Å²) in [6.07, 6.45) is 3.97. The molecular formula is C20H19BrF2N4O. The van der Waals surface area contributed by atoms with Crippen molar-refractivity contribution in [2.75, 3.05) is 10.6 Å². The zero-order chi connectivity index (χ0) is 19.7. The highest BCUT2D eigenvalue weighted by Gasteiger charge is 2.35. The number of H-pyrrole nitrogens is 1. The number of benzene rings is 1. The summed E-state index contributed by atoms with van der Waals surface area (Å²) in [5.74, 6) is -2.50. The van der Waals surface area contributed by atoms with Gasteiger partial charge < -0.3 is 15.6 Å². The van der Waals surface area contributed by atoms with Crippen LogP contribution in [0.4, 0.5) is 25.0 Å². The molecule has 2 amide bonds. The highest BCUT2D eigenvalue weighted by atomic mass is 79.9. The smallest absolute Gasteiger partial charge is 0.323 e. The molecule has 2 aromatic heterocycles. The Hall–Kier alpha value is -2.48. The number of rotatable bonds is 3. The summed E-state index contributed by atoms with van der Waals surface area (Å²) in [4.78, 5) is 19.8. The lowest BCUT2D eigenvalue weighted by molar-refractivity contribution is -0.0384. The second-order valence-corrected chi connectivity index (χ2v) is 7.99. The van der Waals surface area contributed by atoms with Crippen LogP contribution < -0.4 is 10.6 Å². The number of carbonyl (C=O) groups excluding carboxylic acids is 1. The molecular weight excluding hydrogens is 430 g/mol. The van der Waals surface area contributed by atoms with E-state index in [4.69, 9.17) is 0 Å². The minimum Gasteiger partial charge on any atom is -0.359 e. The number of amides is 2. The second-order valence-electron chi connectivity index (χ2n) is 7.07. The molecule has 0 saturated heterocycles. The molecule has 146 valence electrons. The standard InChI is InChI=1S/C20H19BrF2N4O/c21-13-1-3-17-15(9-13)18(11-25-17)27-19(28)26-14-2-4-16(24-10-14)12-5-7-20(22,23)8-6-12/h1-4,9-12,25H,5-8H2,(H2,26,27,28). The zero-order valence-corrected chi connectivity index (χ0v) is 16.5. The van der Waals surface area contributed by atoms with E-state index >= 15 is 0 Å². The first-order chi connectivity index (χ1) is 13.4. The molecule has 8 heteroatoms. The Balaban J connectivity index is 1.39. The van der Waals surface area contributed by atoms with Gasteiger partial charge >= 0.3 is 6.03 Å². The molecule has 28 heavy (non-hydrogen) atoms. The van der Waals surface area contributed by atoms with Crippen LogP contribution >= 0.6 is 15.9 Å². The van der Waals surface area contributed by atoms with Crippen LogP contribution in [0.15, 0.2) is 47.2 Å². The van der Waals surface area contributed by atoms with E-state index in [-0.39, 0.29) is 24.8 Å². The van der Waals surface area contributed by atoms with Crippen molar-refractivity contribution in [3.05, 3.63) is 52.9 Å². The molecule has 0 unspecified atom stereocenters. The van der Waals surface area contributed by atoms with Crippen molar-refractivity contribution in [1.82, 2.24) is 9.97 Å². The first kappa shape index (κ1) is 18.9. The van der Waals surface area contributed by atoms with Gasteiger partial charge in [0.05, 0.1) is 17.6 Å². The number of nitrogens with zero attached hydrogens (tertiary/aromatic N) is 1. The van der Waals surface area contributed by atoms with Crippen LogP contribution in [0.25, 0.3) is 10.9 Å². The number of nitrogens with one attached hydrogen (secondary N) is 3. The Morgan fingerprint density at radius 2 is 1.96 bits per heavy atom. The lowest BCUT2D eigenvalue weighted by atomic mass is 9.84. The normalized spacial score (nSPS) is 16.8. The number of halogens is 3. The highest BCUT2D eigenvalue weighted by molar-refractivity contribution is 9.10. The topological polar surface area (TPSA) is 69.8 Å². The van der Waals surface area contributed by atoms with Crippen molar-refractivity contribution < 1.29 is 13.6 Å². The molecule has 1 fully saturated rings. The fourth-order valence-corrected chi connectivity index (χ4v) is 3.90. The number of alkyl halides is 2. The largest absolute Gasteiger partial charge is 0.359 e. The number of hydrogen-bond donors (Lipinski definition) is 3. The van der Waals surface area contributed by atoms with E-state index in [9.17, 15) is 13.6 Å². The fraction of sp³-hybridized carbons (Fsp3) is 0.300. The van der Waals surface area contributed by atoms with Crippen LogP contribution in [0.2, 0.25) is 0 Å². The van der Waals surface area contributed by atoms with Gasteiger partial charge in [-0.2, -0.15) is 0 Å². The molecule has 3 N–H and O–H groups in total. The van der Waals surface area contributed by atoms with Gasteiger partial charge in [0.15, 0.2) is 0 Å². The maximum Gasteiger partial charge on any atom is 0.323 e. The number of anilines is 2. The monoisotopic (exact) mass is 448 g/mol. The molecule has 0 spiro atoms. The molecule has 1 aliphatic carbocycles. The van der Waals surface area contributed by atoms with Crippen molar-refractivity contribution in [2.24, 2.45) is 0 Å². The fourth-order valence-electron chi connectivity index (χ4n) is 3.54. The lowest BCUT2D eigenvalue weighted by Gasteiger charge is -2.27. The number of aromatic amines is 1. The Labute approximate surface area is 169 Å². The molecule has 3 aromatic rings. The van der Waals surface area contributed by atoms with Crippen molar-refractivity contribution >= 4 is 44.2 Å². The first-order valence-corrected chi connectivity index (χ1v) is 9.87. The van der Waals surface area contributed by atoms with Crippen LogP contribution in [-0.2, 0) is 0 Å². The number of urea groups is 1. The average Bonchev–Trinajstić information content (AvgIpc) is 3.04. The van der Waals surface area contributed by atoms with Crippen molar-refractivity contribution in [3.63, 3.8) is 0 Å². The number of aromatic nitrogens is 2. The lowest BCUT2D eigenvalue weighted by Crippen LogP contribution is -2.24. The number of hydrogen-bond acceptors (Lipinski definition) is 2. The summed E-state index contributed by atoms with van der Waals surface area (Å²) in [6.45, 7) is 0. The van der Waals surface area contributed by atoms with Crippen LogP contribution in [-0.4, -0.2) is 21.9 Å². The van der Waals surface area contributed by atoms with E-state index in [1.807, 2.05) is 18.2 Å². The number of pyridine rings is 1.